The van der Waals surface area contributed by atoms with Gasteiger partial charge in [-0.05, 0) is 38.9 Å². The zero-order valence-electron chi connectivity index (χ0n) is 12.3. The highest BCUT2D eigenvalue weighted by Gasteiger charge is 2.06. The van der Waals surface area contributed by atoms with Gasteiger partial charge < -0.3 is 19.5 Å². The van der Waals surface area contributed by atoms with Crippen LogP contribution in [-0.2, 0) is 19.1 Å². The van der Waals surface area contributed by atoms with Gasteiger partial charge >= 0.3 is 5.97 Å². The predicted octanol–water partition coefficient (Wildman–Crippen LogP) is 1.39. The van der Waals surface area contributed by atoms with Crippen LogP contribution in [0.4, 0.5) is 0 Å². The Labute approximate surface area is 115 Å². The molecular weight excluding hydrogens is 250 g/mol. The van der Waals surface area contributed by atoms with E-state index in [4.69, 9.17) is 14.6 Å². The van der Waals surface area contributed by atoms with Crippen LogP contribution in [0.5, 0.6) is 0 Å². The van der Waals surface area contributed by atoms with E-state index in [0.717, 1.165) is 6.42 Å². The molecule has 0 amide bonds. The lowest BCUT2D eigenvalue weighted by molar-refractivity contribution is -0.145. The molecule has 1 aliphatic heterocycles. The lowest BCUT2D eigenvalue weighted by Crippen LogP contribution is -2.17. The molecule has 0 unspecified atom stereocenters. The van der Waals surface area contributed by atoms with E-state index in [2.05, 4.69) is 16.6 Å². The van der Waals surface area contributed by atoms with Crippen molar-refractivity contribution in [3.05, 3.63) is 0 Å². The van der Waals surface area contributed by atoms with Crippen LogP contribution in [0.15, 0.2) is 0 Å². The Kier molecular flexibility index (Phi) is 17.9. The van der Waals surface area contributed by atoms with Crippen LogP contribution in [0.25, 0.3) is 0 Å². The smallest absolute Gasteiger partial charge is 0.331 e. The quantitative estimate of drug-likeness (QED) is 0.465. The van der Waals surface area contributed by atoms with E-state index in [1.54, 1.807) is 0 Å². The summed E-state index contributed by atoms with van der Waals surface area (Å²) in [5.74, 6) is -0.316. The van der Waals surface area contributed by atoms with Crippen molar-refractivity contribution >= 4 is 12.4 Å². The summed E-state index contributed by atoms with van der Waals surface area (Å²) in [5, 5.41) is 6.89. The van der Waals surface area contributed by atoms with Crippen LogP contribution in [-0.4, -0.2) is 62.4 Å². The SMILES string of the molecule is CCCOCC(=O)OC.CCN1CCCC1.O=CO. The van der Waals surface area contributed by atoms with Gasteiger partial charge in [0.15, 0.2) is 0 Å². The number of esters is 1. The van der Waals surface area contributed by atoms with E-state index in [9.17, 15) is 4.79 Å². The molecule has 0 spiro atoms. The fourth-order valence-corrected chi connectivity index (χ4v) is 1.46. The average molecular weight is 277 g/mol. The number of carboxylic acid groups (broad SMARTS) is 1. The van der Waals surface area contributed by atoms with Gasteiger partial charge in [0.25, 0.3) is 6.47 Å². The summed E-state index contributed by atoms with van der Waals surface area (Å²) in [4.78, 5) is 21.2. The van der Waals surface area contributed by atoms with Gasteiger partial charge in [-0.15, -0.1) is 0 Å². The minimum Gasteiger partial charge on any atom is -0.483 e. The predicted molar refractivity (Wildman–Crippen MR) is 73.2 cm³/mol. The molecule has 0 aromatic carbocycles. The molecule has 114 valence electrons. The fourth-order valence-electron chi connectivity index (χ4n) is 1.46. The zero-order valence-corrected chi connectivity index (χ0v) is 12.3. The van der Waals surface area contributed by atoms with E-state index in [-0.39, 0.29) is 19.0 Å². The van der Waals surface area contributed by atoms with Gasteiger partial charge in [0, 0.05) is 6.61 Å². The molecule has 0 aromatic rings. The summed E-state index contributed by atoms with van der Waals surface area (Å²) in [6.45, 7) is 8.59. The molecule has 1 N–H and O–H groups in total. The molecule has 1 heterocycles. The van der Waals surface area contributed by atoms with Gasteiger partial charge in [0.1, 0.15) is 6.61 Å². The van der Waals surface area contributed by atoms with Gasteiger partial charge in [-0.25, -0.2) is 4.79 Å². The molecule has 1 rings (SSSR count). The van der Waals surface area contributed by atoms with Crippen LogP contribution >= 0.6 is 0 Å². The van der Waals surface area contributed by atoms with E-state index < -0.39 is 0 Å². The van der Waals surface area contributed by atoms with Crippen molar-refractivity contribution in [2.75, 3.05) is 40.0 Å². The van der Waals surface area contributed by atoms with Crippen LogP contribution in [0.2, 0.25) is 0 Å². The maximum atomic E-state index is 10.3. The first-order valence-corrected chi connectivity index (χ1v) is 6.60. The summed E-state index contributed by atoms with van der Waals surface area (Å²) in [6, 6.07) is 0. The minimum atomic E-state index is -0.316. The Bertz CT molecular complexity index is 205. The molecule has 19 heavy (non-hydrogen) atoms. The molecule has 0 radical (unpaired) electrons. The first-order chi connectivity index (χ1) is 9.15. The number of likely N-dealkylation sites (tertiary alicyclic amines) is 1. The largest absolute Gasteiger partial charge is 0.483 e. The number of carbonyl (C=O) groups excluding carboxylic acids is 1. The number of nitrogens with zero attached hydrogens (tertiary/aromatic N) is 1. The molecule has 0 aliphatic carbocycles. The van der Waals surface area contributed by atoms with Gasteiger partial charge in [0.05, 0.1) is 7.11 Å². The first kappa shape index (κ1) is 20.2. The van der Waals surface area contributed by atoms with Crippen LogP contribution < -0.4 is 0 Å². The highest BCUT2D eigenvalue weighted by molar-refractivity contribution is 5.70. The van der Waals surface area contributed by atoms with Crippen LogP contribution in [0.3, 0.4) is 0 Å². The Morgan fingerprint density at radius 2 is 1.84 bits per heavy atom. The lowest BCUT2D eigenvalue weighted by Gasteiger charge is -2.08. The standard InChI is InChI=1S/C6H13N.C6H12O3.CH2O2/c1-2-7-5-3-4-6-7;1-3-4-9-5-6(7)8-2;2-1-3/h2-6H2,1H3;3-5H2,1-2H3;1H,(H,2,3). The molecule has 1 saturated heterocycles. The maximum Gasteiger partial charge on any atom is 0.331 e. The van der Waals surface area contributed by atoms with Crippen molar-refractivity contribution in [3.8, 4) is 0 Å². The number of carbonyl (C=O) groups is 2. The van der Waals surface area contributed by atoms with E-state index >= 15 is 0 Å². The van der Waals surface area contributed by atoms with Crippen molar-refractivity contribution in [2.45, 2.75) is 33.1 Å². The minimum absolute atomic E-state index is 0.0737. The molecule has 0 saturated carbocycles. The molecule has 0 bridgehead atoms. The van der Waals surface area contributed by atoms with Crippen molar-refractivity contribution in [3.63, 3.8) is 0 Å². The highest BCUT2D eigenvalue weighted by Crippen LogP contribution is 2.04. The number of ether oxygens (including phenoxy) is 2. The third-order valence-corrected chi connectivity index (χ3v) is 2.44. The summed E-state index contributed by atoms with van der Waals surface area (Å²) in [6.07, 6.45) is 3.78. The van der Waals surface area contributed by atoms with Crippen molar-refractivity contribution in [1.82, 2.24) is 4.90 Å². The topological polar surface area (TPSA) is 76.1 Å². The van der Waals surface area contributed by atoms with Gasteiger partial charge in [-0.2, -0.15) is 0 Å². The first-order valence-electron chi connectivity index (χ1n) is 6.60. The molecular formula is C13H27NO5. The molecule has 0 aromatic heterocycles. The molecule has 0 atom stereocenters. The Balaban J connectivity index is 0. The normalized spacial score (nSPS) is 13.6. The van der Waals surface area contributed by atoms with E-state index in [1.165, 1.54) is 39.6 Å². The number of hydrogen-bond acceptors (Lipinski definition) is 5. The molecule has 6 nitrogen and oxygen atoms in total. The second-order valence-electron chi connectivity index (χ2n) is 3.88. The summed E-state index contributed by atoms with van der Waals surface area (Å²) < 4.78 is 9.19. The van der Waals surface area contributed by atoms with Crippen LogP contribution in [0, 0.1) is 0 Å². The summed E-state index contributed by atoms with van der Waals surface area (Å²) in [7, 11) is 1.34. The average Bonchev–Trinajstić information content (AvgIpc) is 2.93. The second kappa shape index (κ2) is 16.9. The summed E-state index contributed by atoms with van der Waals surface area (Å²) in [5.41, 5.74) is 0. The zero-order chi connectivity index (χ0) is 14.9. The molecule has 1 fully saturated rings. The monoisotopic (exact) mass is 277 g/mol. The number of hydrogen-bond donors (Lipinski definition) is 1. The number of rotatable bonds is 5. The van der Waals surface area contributed by atoms with Crippen molar-refractivity contribution in [1.29, 1.82) is 0 Å². The third kappa shape index (κ3) is 16.9. The third-order valence-electron chi connectivity index (χ3n) is 2.44. The van der Waals surface area contributed by atoms with E-state index in [0.29, 0.717) is 6.61 Å². The Morgan fingerprint density at radius 1 is 1.32 bits per heavy atom. The van der Waals surface area contributed by atoms with Crippen molar-refractivity contribution < 1.29 is 24.2 Å². The number of methoxy groups -OCH3 is 1. The van der Waals surface area contributed by atoms with Crippen molar-refractivity contribution in [2.24, 2.45) is 0 Å². The Hall–Kier alpha value is -1.14. The molecule has 1 aliphatic rings. The second-order valence-corrected chi connectivity index (χ2v) is 3.88. The highest BCUT2D eigenvalue weighted by atomic mass is 16.6. The van der Waals surface area contributed by atoms with Crippen LogP contribution in [0.1, 0.15) is 33.1 Å². The summed E-state index contributed by atoms with van der Waals surface area (Å²) >= 11 is 0. The Morgan fingerprint density at radius 3 is 2.16 bits per heavy atom. The van der Waals surface area contributed by atoms with E-state index in [1.807, 2.05) is 6.92 Å². The fraction of sp³-hybridized carbons (Fsp3) is 0.846. The van der Waals surface area contributed by atoms with Gasteiger partial charge in [-0.1, -0.05) is 13.8 Å². The van der Waals surface area contributed by atoms with Gasteiger partial charge in [-0.3, -0.25) is 4.79 Å². The molecule has 6 heteroatoms. The van der Waals surface area contributed by atoms with Gasteiger partial charge in [0.2, 0.25) is 0 Å². The lowest BCUT2D eigenvalue weighted by atomic mass is 10.4. The maximum absolute atomic E-state index is 10.3.